The zero-order valence-electron chi connectivity index (χ0n) is 18.2. The van der Waals surface area contributed by atoms with E-state index in [4.69, 9.17) is 32.4 Å². The highest BCUT2D eigenvalue weighted by Gasteiger charge is 2.32. The van der Waals surface area contributed by atoms with Gasteiger partial charge in [-0.15, -0.1) is 0 Å². The number of hydrogen-bond donors (Lipinski definition) is 0. The fraction of sp³-hybridized carbons (Fsp3) is 0.0357. The monoisotopic (exact) mass is 487 g/mol. The van der Waals surface area contributed by atoms with Crippen molar-refractivity contribution in [2.45, 2.75) is 0 Å². The van der Waals surface area contributed by atoms with Crippen molar-refractivity contribution in [2.24, 2.45) is 0 Å². The number of benzene rings is 3. The minimum atomic E-state index is -0.179. The summed E-state index contributed by atoms with van der Waals surface area (Å²) in [6.07, 6.45) is 3.58. The van der Waals surface area contributed by atoms with Gasteiger partial charge in [0.05, 0.1) is 23.5 Å². The maximum Gasteiger partial charge on any atom is 0.263 e. The zero-order chi connectivity index (χ0) is 23.7. The Kier molecular flexibility index (Phi) is 6.01. The van der Waals surface area contributed by atoms with E-state index in [-0.39, 0.29) is 5.91 Å². The number of methoxy groups -OCH3 is 1. The molecule has 1 aromatic heterocycles. The lowest BCUT2D eigenvalue weighted by atomic mass is 10.1. The molecule has 0 N–H and O–H groups in total. The standard InChI is InChI=1S/C28H19Cl2NO3/c1-33-27-10-6-5-9-24(27)31-25(18-7-3-2-4-8-18)16-19(28(31)32)15-21-12-14-26(34-21)22-17-20(29)11-13-23(22)30/h2-17H,1H3/b19-15+. The van der Waals surface area contributed by atoms with Crippen LogP contribution in [0.5, 0.6) is 5.75 Å². The first-order valence-corrected chi connectivity index (χ1v) is 11.3. The lowest BCUT2D eigenvalue weighted by Crippen LogP contribution is -2.25. The Labute approximate surface area is 207 Å². The molecule has 6 heteroatoms. The second kappa shape index (κ2) is 9.26. The third kappa shape index (κ3) is 4.14. The summed E-state index contributed by atoms with van der Waals surface area (Å²) in [6, 6.07) is 26.0. The topological polar surface area (TPSA) is 42.7 Å². The molecule has 4 nitrogen and oxygen atoms in total. The zero-order valence-corrected chi connectivity index (χ0v) is 19.7. The van der Waals surface area contributed by atoms with E-state index in [2.05, 4.69) is 0 Å². The van der Waals surface area contributed by atoms with E-state index >= 15 is 0 Å². The summed E-state index contributed by atoms with van der Waals surface area (Å²) in [7, 11) is 1.59. The van der Waals surface area contributed by atoms with Crippen LogP contribution in [0.25, 0.3) is 23.1 Å². The molecule has 4 aromatic rings. The van der Waals surface area contributed by atoms with E-state index in [1.165, 1.54) is 0 Å². The Bertz CT molecular complexity index is 1440. The summed E-state index contributed by atoms with van der Waals surface area (Å²) >= 11 is 12.4. The molecule has 34 heavy (non-hydrogen) atoms. The molecule has 0 saturated carbocycles. The van der Waals surface area contributed by atoms with Crippen molar-refractivity contribution in [3.63, 3.8) is 0 Å². The maximum atomic E-state index is 13.6. The van der Waals surface area contributed by atoms with Gasteiger partial charge in [0, 0.05) is 16.2 Å². The van der Waals surface area contributed by atoms with Gasteiger partial charge in [-0.3, -0.25) is 9.69 Å². The van der Waals surface area contributed by atoms with Crippen LogP contribution in [0.15, 0.2) is 101 Å². The van der Waals surface area contributed by atoms with Gasteiger partial charge < -0.3 is 9.15 Å². The predicted molar refractivity (Wildman–Crippen MR) is 137 cm³/mol. The van der Waals surface area contributed by atoms with Crippen molar-refractivity contribution >= 4 is 46.6 Å². The van der Waals surface area contributed by atoms with Gasteiger partial charge in [0.15, 0.2) is 0 Å². The molecule has 2 heterocycles. The van der Waals surface area contributed by atoms with Gasteiger partial charge in [-0.1, -0.05) is 65.7 Å². The van der Waals surface area contributed by atoms with Gasteiger partial charge in [0.25, 0.3) is 5.91 Å². The summed E-state index contributed by atoms with van der Waals surface area (Å²) in [5.74, 6) is 1.52. The van der Waals surface area contributed by atoms with Crippen molar-refractivity contribution in [3.8, 4) is 17.1 Å². The smallest absolute Gasteiger partial charge is 0.263 e. The number of rotatable bonds is 5. The minimum absolute atomic E-state index is 0.179. The average Bonchev–Trinajstić information content (AvgIpc) is 3.46. The third-order valence-electron chi connectivity index (χ3n) is 5.50. The minimum Gasteiger partial charge on any atom is -0.495 e. The highest BCUT2D eigenvalue weighted by atomic mass is 35.5. The number of para-hydroxylation sites is 2. The number of furan rings is 1. The largest absolute Gasteiger partial charge is 0.495 e. The molecule has 1 amide bonds. The summed E-state index contributed by atoms with van der Waals surface area (Å²) < 4.78 is 11.5. The van der Waals surface area contributed by atoms with Gasteiger partial charge in [-0.2, -0.15) is 0 Å². The Morgan fingerprint density at radius 2 is 1.68 bits per heavy atom. The van der Waals surface area contributed by atoms with E-state index in [0.29, 0.717) is 44.1 Å². The molecule has 0 spiro atoms. The number of halogens is 2. The third-order valence-corrected chi connectivity index (χ3v) is 6.06. The Balaban J connectivity index is 1.57. The number of amides is 1. The Morgan fingerprint density at radius 1 is 0.912 bits per heavy atom. The fourth-order valence-electron chi connectivity index (χ4n) is 3.91. The van der Waals surface area contributed by atoms with E-state index in [0.717, 1.165) is 11.3 Å². The van der Waals surface area contributed by atoms with Gasteiger partial charge in [0.1, 0.15) is 17.3 Å². The summed E-state index contributed by atoms with van der Waals surface area (Å²) in [5, 5.41) is 1.09. The second-order valence-electron chi connectivity index (χ2n) is 7.63. The summed E-state index contributed by atoms with van der Waals surface area (Å²) in [5.41, 5.74) is 3.51. The molecule has 0 saturated heterocycles. The Hall–Kier alpha value is -3.73. The van der Waals surface area contributed by atoms with Crippen molar-refractivity contribution in [1.82, 2.24) is 0 Å². The molecule has 1 aliphatic heterocycles. The molecule has 3 aromatic carbocycles. The number of carbonyl (C=O) groups is 1. The Morgan fingerprint density at radius 3 is 2.47 bits per heavy atom. The highest BCUT2D eigenvalue weighted by Crippen LogP contribution is 2.40. The number of ether oxygens (including phenoxy) is 1. The van der Waals surface area contributed by atoms with Crippen LogP contribution in [0.4, 0.5) is 5.69 Å². The molecule has 0 fully saturated rings. The molecular formula is C28H19Cl2NO3. The van der Waals surface area contributed by atoms with Gasteiger partial charge >= 0.3 is 0 Å². The quantitative estimate of drug-likeness (QED) is 0.270. The van der Waals surface area contributed by atoms with Crippen LogP contribution in [-0.4, -0.2) is 13.0 Å². The van der Waals surface area contributed by atoms with E-state index in [9.17, 15) is 4.79 Å². The molecule has 0 atom stereocenters. The fourth-order valence-corrected chi connectivity index (χ4v) is 4.29. The maximum absolute atomic E-state index is 13.6. The molecule has 0 aliphatic carbocycles. The summed E-state index contributed by atoms with van der Waals surface area (Å²) in [6.45, 7) is 0. The van der Waals surface area contributed by atoms with E-state index < -0.39 is 0 Å². The van der Waals surface area contributed by atoms with Crippen molar-refractivity contribution < 1.29 is 13.9 Å². The molecule has 0 radical (unpaired) electrons. The van der Waals surface area contributed by atoms with Gasteiger partial charge in [-0.25, -0.2) is 0 Å². The van der Waals surface area contributed by atoms with E-state index in [1.807, 2.05) is 66.7 Å². The lowest BCUT2D eigenvalue weighted by molar-refractivity contribution is -0.113. The van der Waals surface area contributed by atoms with Crippen LogP contribution in [-0.2, 0) is 4.79 Å². The molecule has 168 valence electrons. The molecule has 1 aliphatic rings. The van der Waals surface area contributed by atoms with Crippen LogP contribution in [0.2, 0.25) is 10.0 Å². The molecule has 0 bridgehead atoms. The first-order valence-electron chi connectivity index (χ1n) is 10.6. The van der Waals surface area contributed by atoms with Crippen LogP contribution < -0.4 is 9.64 Å². The first kappa shape index (κ1) is 22.1. The lowest BCUT2D eigenvalue weighted by Gasteiger charge is -2.22. The first-order chi connectivity index (χ1) is 16.5. The van der Waals surface area contributed by atoms with E-state index in [1.54, 1.807) is 42.4 Å². The molecule has 5 rings (SSSR count). The molecule has 0 unspecified atom stereocenters. The average molecular weight is 488 g/mol. The van der Waals surface area contributed by atoms with Gasteiger partial charge in [0.2, 0.25) is 0 Å². The van der Waals surface area contributed by atoms with Crippen LogP contribution in [0.1, 0.15) is 11.3 Å². The number of nitrogens with zero attached hydrogens (tertiary/aromatic N) is 1. The van der Waals surface area contributed by atoms with Gasteiger partial charge in [-0.05, 0) is 60.2 Å². The highest BCUT2D eigenvalue weighted by molar-refractivity contribution is 6.35. The predicted octanol–water partition coefficient (Wildman–Crippen LogP) is 7.73. The SMILES string of the molecule is COc1ccccc1N1C(=O)/C(=C/c2ccc(-c3cc(Cl)ccc3Cl)o2)C=C1c1ccccc1. The number of hydrogen-bond acceptors (Lipinski definition) is 3. The van der Waals surface area contributed by atoms with Crippen molar-refractivity contribution in [3.05, 3.63) is 118 Å². The normalized spacial score (nSPS) is 14.6. The van der Waals surface area contributed by atoms with Crippen LogP contribution in [0.3, 0.4) is 0 Å². The molecular weight excluding hydrogens is 469 g/mol. The van der Waals surface area contributed by atoms with Crippen molar-refractivity contribution in [1.29, 1.82) is 0 Å². The number of carbonyl (C=O) groups excluding carboxylic acids is 1. The number of anilines is 1. The van der Waals surface area contributed by atoms with Crippen LogP contribution >= 0.6 is 23.2 Å². The van der Waals surface area contributed by atoms with Crippen molar-refractivity contribution in [2.75, 3.05) is 12.0 Å². The summed E-state index contributed by atoms with van der Waals surface area (Å²) in [4.78, 5) is 15.3. The van der Waals surface area contributed by atoms with Crippen LogP contribution in [0, 0.1) is 0 Å². The second-order valence-corrected chi connectivity index (χ2v) is 8.48.